The third kappa shape index (κ3) is 5.17. The number of carbonyl (C=O) groups is 1. The first kappa shape index (κ1) is 25.2. The summed E-state index contributed by atoms with van der Waals surface area (Å²) in [4.78, 5) is 24.9. The Morgan fingerprint density at radius 3 is 2.59 bits per heavy atom. The fourth-order valence-electron chi connectivity index (χ4n) is 5.74. The smallest absolute Gasteiger partial charge is 0.381 e. The van der Waals surface area contributed by atoms with Gasteiger partial charge in [-0.05, 0) is 37.5 Å². The molecule has 7 nitrogen and oxygen atoms in total. The van der Waals surface area contributed by atoms with Gasteiger partial charge in [0.1, 0.15) is 17.8 Å². The van der Waals surface area contributed by atoms with Gasteiger partial charge < -0.3 is 19.9 Å². The van der Waals surface area contributed by atoms with Crippen LogP contribution in [0, 0.1) is 17.3 Å². The molecule has 1 aromatic heterocycles. The first-order chi connectivity index (χ1) is 16.1. The molecule has 1 amide bonds. The van der Waals surface area contributed by atoms with E-state index in [9.17, 15) is 18.0 Å². The molecular weight excluding hydrogens is 447 g/mol. The van der Waals surface area contributed by atoms with Crippen LogP contribution in [0.5, 0.6) is 0 Å². The van der Waals surface area contributed by atoms with Crippen LogP contribution < -0.4 is 10.2 Å². The summed E-state index contributed by atoms with van der Waals surface area (Å²) in [5.74, 6) is 1.12. The van der Waals surface area contributed by atoms with E-state index >= 15 is 0 Å². The number of amides is 1. The van der Waals surface area contributed by atoms with Crippen molar-refractivity contribution in [1.82, 2.24) is 20.2 Å². The Morgan fingerprint density at radius 1 is 1.21 bits per heavy atom. The topological polar surface area (TPSA) is 70.6 Å². The van der Waals surface area contributed by atoms with Crippen LogP contribution in [0.1, 0.15) is 52.1 Å². The lowest BCUT2D eigenvalue weighted by Gasteiger charge is -2.42. The van der Waals surface area contributed by atoms with Gasteiger partial charge in [-0.2, -0.15) is 13.2 Å². The van der Waals surface area contributed by atoms with Crippen LogP contribution in [0.4, 0.5) is 19.0 Å². The van der Waals surface area contributed by atoms with Crippen molar-refractivity contribution in [3.05, 3.63) is 18.1 Å². The highest BCUT2D eigenvalue weighted by Gasteiger charge is 2.50. The van der Waals surface area contributed by atoms with E-state index in [1.165, 1.54) is 0 Å². The zero-order chi connectivity index (χ0) is 24.5. The number of anilines is 1. The Balaban J connectivity index is 1.38. The van der Waals surface area contributed by atoms with Crippen molar-refractivity contribution in [2.45, 2.75) is 64.7 Å². The van der Waals surface area contributed by atoms with Crippen LogP contribution in [0.3, 0.4) is 0 Å². The Hall–Kier alpha value is -1.94. The average Bonchev–Trinajstić information content (AvgIpc) is 3.25. The van der Waals surface area contributed by atoms with Crippen molar-refractivity contribution in [2.75, 3.05) is 44.3 Å². The molecule has 4 rings (SSSR count). The van der Waals surface area contributed by atoms with Crippen LogP contribution in [0.25, 0.3) is 0 Å². The molecule has 10 heteroatoms. The van der Waals surface area contributed by atoms with E-state index in [1.807, 2.05) is 4.90 Å². The van der Waals surface area contributed by atoms with Crippen molar-refractivity contribution in [3.63, 3.8) is 0 Å². The zero-order valence-corrected chi connectivity index (χ0v) is 20.3. The zero-order valence-electron chi connectivity index (χ0n) is 20.3. The molecule has 2 saturated heterocycles. The molecule has 1 aliphatic carbocycles. The number of nitrogens with one attached hydrogen (secondary N) is 1. The number of rotatable bonds is 5. The van der Waals surface area contributed by atoms with E-state index in [4.69, 9.17) is 4.74 Å². The minimum atomic E-state index is -4.51. The summed E-state index contributed by atoms with van der Waals surface area (Å²) in [6.07, 6.45) is 0.119. The van der Waals surface area contributed by atoms with Crippen LogP contribution in [-0.4, -0.2) is 72.3 Å². The summed E-state index contributed by atoms with van der Waals surface area (Å²) in [7, 11) is 0. The highest BCUT2D eigenvalue weighted by molar-refractivity contribution is 5.83. The number of halogens is 3. The summed E-state index contributed by atoms with van der Waals surface area (Å²) in [5, 5.41) is 3.82. The second-order valence-electron chi connectivity index (χ2n) is 10.4. The van der Waals surface area contributed by atoms with E-state index in [2.05, 4.69) is 36.1 Å². The second kappa shape index (κ2) is 9.97. The van der Waals surface area contributed by atoms with E-state index < -0.39 is 17.3 Å². The molecule has 1 N–H and O–H groups in total. The lowest BCUT2D eigenvalue weighted by molar-refractivity contribution is -0.145. The monoisotopic (exact) mass is 483 g/mol. The van der Waals surface area contributed by atoms with Gasteiger partial charge >= 0.3 is 6.18 Å². The Labute approximate surface area is 199 Å². The summed E-state index contributed by atoms with van der Waals surface area (Å²) in [6, 6.07) is 1.73. The molecule has 1 aromatic rings. The third-order valence-corrected chi connectivity index (χ3v) is 8.01. The molecule has 0 bridgehead atoms. The fraction of sp³-hybridized carbons (Fsp3) is 0.792. The quantitative estimate of drug-likeness (QED) is 0.693. The van der Waals surface area contributed by atoms with Crippen molar-refractivity contribution >= 4 is 11.7 Å². The van der Waals surface area contributed by atoms with Gasteiger partial charge in [0.05, 0.1) is 12.0 Å². The lowest BCUT2D eigenvalue weighted by Crippen LogP contribution is -2.54. The Morgan fingerprint density at radius 2 is 1.94 bits per heavy atom. The van der Waals surface area contributed by atoms with Crippen LogP contribution in [0.2, 0.25) is 0 Å². The van der Waals surface area contributed by atoms with Gasteiger partial charge in [-0.1, -0.05) is 20.8 Å². The molecule has 0 aromatic carbocycles. The van der Waals surface area contributed by atoms with E-state index in [0.29, 0.717) is 44.2 Å². The normalized spacial score (nSPS) is 30.7. The Bertz CT molecular complexity index is 859. The van der Waals surface area contributed by atoms with Gasteiger partial charge in [0.25, 0.3) is 0 Å². The van der Waals surface area contributed by atoms with E-state index in [0.717, 1.165) is 51.3 Å². The van der Waals surface area contributed by atoms with Gasteiger partial charge in [-0.25, -0.2) is 9.97 Å². The molecule has 3 heterocycles. The summed E-state index contributed by atoms with van der Waals surface area (Å²) >= 11 is 0. The molecule has 2 aliphatic heterocycles. The molecule has 0 spiro atoms. The number of nitrogens with zero attached hydrogens (tertiary/aromatic N) is 4. The third-order valence-electron chi connectivity index (χ3n) is 8.01. The highest BCUT2D eigenvalue weighted by Crippen LogP contribution is 2.46. The number of ether oxygens (including phenoxy) is 1. The molecule has 3 fully saturated rings. The summed E-state index contributed by atoms with van der Waals surface area (Å²) in [5.41, 5.74) is -1.34. The molecule has 2 unspecified atom stereocenters. The van der Waals surface area contributed by atoms with E-state index in [-0.39, 0.29) is 17.6 Å². The first-order valence-electron chi connectivity index (χ1n) is 12.4. The average molecular weight is 484 g/mol. The SMILES string of the molecule is CC(C)C1(C(=O)N2CCN(c3cc(C(F)(F)F)ncn3)CC2)CC[C@@H](NC2CCOC[C@H]2C)C1. The van der Waals surface area contributed by atoms with Crippen molar-refractivity contribution in [1.29, 1.82) is 0 Å². The predicted octanol–water partition coefficient (Wildman–Crippen LogP) is 3.35. The molecule has 4 atom stereocenters. The van der Waals surface area contributed by atoms with Gasteiger partial charge in [0, 0.05) is 50.9 Å². The summed E-state index contributed by atoms with van der Waals surface area (Å²) in [6.45, 7) is 9.90. The molecule has 3 aliphatic rings. The van der Waals surface area contributed by atoms with Crippen LogP contribution in [-0.2, 0) is 15.7 Å². The summed E-state index contributed by atoms with van der Waals surface area (Å²) < 4.78 is 44.6. The largest absolute Gasteiger partial charge is 0.433 e. The minimum absolute atomic E-state index is 0.185. The van der Waals surface area contributed by atoms with Gasteiger partial charge in [0.15, 0.2) is 0 Å². The number of hydrogen-bond acceptors (Lipinski definition) is 6. The fourth-order valence-corrected chi connectivity index (χ4v) is 5.74. The maximum Gasteiger partial charge on any atom is 0.433 e. The van der Waals surface area contributed by atoms with Crippen molar-refractivity contribution in [2.24, 2.45) is 17.3 Å². The lowest BCUT2D eigenvalue weighted by atomic mass is 9.74. The maximum atomic E-state index is 13.8. The number of aromatic nitrogens is 2. The van der Waals surface area contributed by atoms with Gasteiger partial charge in [0.2, 0.25) is 5.91 Å². The highest BCUT2D eigenvalue weighted by atomic mass is 19.4. The minimum Gasteiger partial charge on any atom is -0.381 e. The molecule has 0 radical (unpaired) electrons. The number of piperazine rings is 1. The van der Waals surface area contributed by atoms with Gasteiger partial charge in [-0.15, -0.1) is 0 Å². The molecule has 190 valence electrons. The van der Waals surface area contributed by atoms with Crippen LogP contribution >= 0.6 is 0 Å². The second-order valence-corrected chi connectivity index (χ2v) is 10.4. The number of hydrogen-bond donors (Lipinski definition) is 1. The standard InChI is InChI=1S/C24H36F3N5O2/c1-16(2)23(6-4-18(13-23)30-19-5-11-34-14-17(19)3)22(33)32-9-7-31(8-10-32)21-12-20(24(25,26)27)28-15-29-21/h12,15-19,30H,4-11,13-14H2,1-3H3/t17-,18-,19?,23?/m1/s1. The molecule has 34 heavy (non-hydrogen) atoms. The molecular formula is C24H36F3N5O2. The van der Waals surface area contributed by atoms with Crippen molar-refractivity contribution < 1.29 is 22.7 Å². The maximum absolute atomic E-state index is 13.8. The Kier molecular flexibility index (Phi) is 7.38. The van der Waals surface area contributed by atoms with Crippen molar-refractivity contribution in [3.8, 4) is 0 Å². The van der Waals surface area contributed by atoms with Gasteiger partial charge in [-0.3, -0.25) is 4.79 Å². The number of alkyl halides is 3. The predicted molar refractivity (Wildman–Crippen MR) is 122 cm³/mol. The molecule has 1 saturated carbocycles. The van der Waals surface area contributed by atoms with E-state index in [1.54, 1.807) is 4.90 Å². The first-order valence-corrected chi connectivity index (χ1v) is 12.4. The number of carbonyl (C=O) groups excluding carboxylic acids is 1. The van der Waals surface area contributed by atoms with Crippen LogP contribution in [0.15, 0.2) is 12.4 Å².